The molecule has 21 heavy (non-hydrogen) atoms. The van der Waals surface area contributed by atoms with Gasteiger partial charge < -0.3 is 5.32 Å². The predicted molar refractivity (Wildman–Crippen MR) is 75.2 cm³/mol. The first kappa shape index (κ1) is 15.5. The zero-order valence-electron chi connectivity index (χ0n) is 11.2. The zero-order chi connectivity index (χ0) is 15.5. The van der Waals surface area contributed by atoms with Gasteiger partial charge in [0.2, 0.25) is 5.91 Å². The van der Waals surface area contributed by atoms with Crippen molar-refractivity contribution in [1.82, 2.24) is 4.98 Å². The van der Waals surface area contributed by atoms with E-state index in [0.29, 0.717) is 6.42 Å². The number of aromatic nitrogens is 1. The third-order valence-electron chi connectivity index (χ3n) is 2.78. The molecule has 1 aromatic heterocycles. The smallest absolute Gasteiger partial charge is 0.325 e. The van der Waals surface area contributed by atoms with Gasteiger partial charge in [-0.1, -0.05) is 12.1 Å². The molecule has 2 rings (SSSR count). The standard InChI is InChI=1S/C14H13F3N2OS/c1-9-18-10(8-21-9)6-7-13(20)19-12-5-3-2-4-11(12)14(15,16)17/h2-5,8H,6-7H2,1H3,(H,19,20). The summed E-state index contributed by atoms with van der Waals surface area (Å²) in [6.07, 6.45) is -3.99. The van der Waals surface area contributed by atoms with E-state index in [0.717, 1.165) is 16.8 Å². The van der Waals surface area contributed by atoms with Crippen molar-refractivity contribution in [2.75, 3.05) is 5.32 Å². The largest absolute Gasteiger partial charge is 0.418 e. The Morgan fingerprint density at radius 2 is 2.05 bits per heavy atom. The number of nitrogens with one attached hydrogen (secondary N) is 1. The molecule has 3 nitrogen and oxygen atoms in total. The van der Waals surface area contributed by atoms with Crippen LogP contribution in [0.3, 0.4) is 0 Å². The Balaban J connectivity index is 2.00. The fourth-order valence-electron chi connectivity index (χ4n) is 1.82. The summed E-state index contributed by atoms with van der Waals surface area (Å²) in [6, 6.07) is 4.93. The lowest BCUT2D eigenvalue weighted by Crippen LogP contribution is -2.16. The Kier molecular flexibility index (Phi) is 4.62. The Morgan fingerprint density at radius 3 is 2.67 bits per heavy atom. The second-order valence-electron chi connectivity index (χ2n) is 4.45. The summed E-state index contributed by atoms with van der Waals surface area (Å²) < 4.78 is 38.4. The number of para-hydroxylation sites is 1. The van der Waals surface area contributed by atoms with Crippen LogP contribution in [-0.2, 0) is 17.4 Å². The van der Waals surface area contributed by atoms with Crippen LogP contribution in [0.5, 0.6) is 0 Å². The van der Waals surface area contributed by atoms with Crippen molar-refractivity contribution in [2.24, 2.45) is 0 Å². The van der Waals surface area contributed by atoms with Crippen molar-refractivity contribution < 1.29 is 18.0 Å². The molecule has 1 N–H and O–H groups in total. The highest BCUT2D eigenvalue weighted by Crippen LogP contribution is 2.34. The normalized spacial score (nSPS) is 11.4. The van der Waals surface area contributed by atoms with E-state index in [1.54, 1.807) is 0 Å². The summed E-state index contributed by atoms with van der Waals surface area (Å²) in [5.74, 6) is -0.461. The predicted octanol–water partition coefficient (Wildman–Crippen LogP) is 4.04. The first-order valence-corrected chi connectivity index (χ1v) is 7.11. The van der Waals surface area contributed by atoms with Gasteiger partial charge in [0.15, 0.2) is 0 Å². The number of amides is 1. The van der Waals surface area contributed by atoms with Gasteiger partial charge in [0.05, 0.1) is 22.0 Å². The summed E-state index contributed by atoms with van der Waals surface area (Å²) in [5.41, 5.74) is -0.288. The number of anilines is 1. The number of carbonyl (C=O) groups excluding carboxylic acids is 1. The van der Waals surface area contributed by atoms with E-state index in [4.69, 9.17) is 0 Å². The minimum absolute atomic E-state index is 0.0926. The quantitative estimate of drug-likeness (QED) is 0.925. The molecular formula is C14H13F3N2OS. The van der Waals surface area contributed by atoms with Gasteiger partial charge in [0.25, 0.3) is 0 Å². The monoisotopic (exact) mass is 314 g/mol. The Hall–Kier alpha value is -1.89. The molecule has 0 bridgehead atoms. The van der Waals surface area contributed by atoms with Crippen LogP contribution in [-0.4, -0.2) is 10.9 Å². The van der Waals surface area contributed by atoms with Crippen molar-refractivity contribution in [3.05, 3.63) is 45.9 Å². The Bertz CT molecular complexity index is 637. The number of aryl methyl sites for hydroxylation is 2. The number of halogens is 3. The number of rotatable bonds is 4. The minimum atomic E-state index is -4.49. The number of carbonyl (C=O) groups is 1. The molecule has 0 unspecified atom stereocenters. The Morgan fingerprint density at radius 1 is 1.33 bits per heavy atom. The molecular weight excluding hydrogens is 301 g/mol. The number of hydrogen-bond donors (Lipinski definition) is 1. The van der Waals surface area contributed by atoms with Crippen molar-refractivity contribution >= 4 is 22.9 Å². The second kappa shape index (κ2) is 6.26. The number of alkyl halides is 3. The molecule has 2 aromatic rings. The first-order chi connectivity index (χ1) is 9.86. The topological polar surface area (TPSA) is 42.0 Å². The molecule has 0 saturated carbocycles. The number of thiazole rings is 1. The van der Waals surface area contributed by atoms with Crippen LogP contribution in [0.4, 0.5) is 18.9 Å². The van der Waals surface area contributed by atoms with Crippen LogP contribution in [0.25, 0.3) is 0 Å². The van der Waals surface area contributed by atoms with Crippen LogP contribution >= 0.6 is 11.3 Å². The van der Waals surface area contributed by atoms with Crippen molar-refractivity contribution in [3.8, 4) is 0 Å². The fourth-order valence-corrected chi connectivity index (χ4v) is 2.46. The molecule has 0 aliphatic rings. The van der Waals surface area contributed by atoms with E-state index < -0.39 is 17.6 Å². The van der Waals surface area contributed by atoms with Gasteiger partial charge in [-0.15, -0.1) is 11.3 Å². The molecule has 0 fully saturated rings. The second-order valence-corrected chi connectivity index (χ2v) is 5.51. The summed E-state index contributed by atoms with van der Waals surface area (Å²) in [5, 5.41) is 5.05. The average molecular weight is 314 g/mol. The molecule has 112 valence electrons. The lowest BCUT2D eigenvalue weighted by atomic mass is 10.1. The molecule has 0 atom stereocenters. The highest BCUT2D eigenvalue weighted by Gasteiger charge is 2.33. The molecule has 1 amide bonds. The van der Waals surface area contributed by atoms with Gasteiger partial charge in [-0.05, 0) is 25.5 Å². The van der Waals surface area contributed by atoms with E-state index in [9.17, 15) is 18.0 Å². The maximum absolute atomic E-state index is 12.8. The van der Waals surface area contributed by atoms with Crippen LogP contribution in [0.15, 0.2) is 29.6 Å². The molecule has 0 aliphatic carbocycles. The minimum Gasteiger partial charge on any atom is -0.325 e. The third kappa shape index (κ3) is 4.29. The highest BCUT2D eigenvalue weighted by molar-refractivity contribution is 7.09. The van der Waals surface area contributed by atoms with Crippen molar-refractivity contribution in [3.63, 3.8) is 0 Å². The van der Waals surface area contributed by atoms with Gasteiger partial charge >= 0.3 is 6.18 Å². The van der Waals surface area contributed by atoms with Crippen LogP contribution < -0.4 is 5.32 Å². The zero-order valence-corrected chi connectivity index (χ0v) is 12.0. The van der Waals surface area contributed by atoms with Crippen LogP contribution in [0.2, 0.25) is 0 Å². The van der Waals surface area contributed by atoms with E-state index >= 15 is 0 Å². The molecule has 0 aliphatic heterocycles. The van der Waals surface area contributed by atoms with Gasteiger partial charge in [-0.3, -0.25) is 4.79 Å². The van der Waals surface area contributed by atoms with Gasteiger partial charge in [0.1, 0.15) is 0 Å². The summed E-state index contributed by atoms with van der Waals surface area (Å²) in [4.78, 5) is 16.0. The van der Waals surface area contributed by atoms with Gasteiger partial charge in [-0.25, -0.2) is 4.98 Å². The first-order valence-electron chi connectivity index (χ1n) is 6.23. The maximum atomic E-state index is 12.8. The number of hydrogen-bond acceptors (Lipinski definition) is 3. The molecule has 0 saturated heterocycles. The van der Waals surface area contributed by atoms with E-state index in [1.165, 1.54) is 29.5 Å². The fraction of sp³-hybridized carbons (Fsp3) is 0.286. The SMILES string of the molecule is Cc1nc(CCC(=O)Nc2ccccc2C(F)(F)F)cs1. The molecule has 0 spiro atoms. The van der Waals surface area contributed by atoms with Crippen LogP contribution in [0.1, 0.15) is 22.7 Å². The summed E-state index contributed by atoms with van der Waals surface area (Å²) >= 11 is 1.47. The number of nitrogens with zero attached hydrogens (tertiary/aromatic N) is 1. The highest BCUT2D eigenvalue weighted by atomic mass is 32.1. The van der Waals surface area contributed by atoms with Gasteiger partial charge in [0, 0.05) is 11.8 Å². The maximum Gasteiger partial charge on any atom is 0.418 e. The molecule has 0 radical (unpaired) electrons. The van der Waals surface area contributed by atoms with E-state index in [-0.39, 0.29) is 12.1 Å². The lowest BCUT2D eigenvalue weighted by Gasteiger charge is -2.13. The number of benzene rings is 1. The van der Waals surface area contributed by atoms with Crippen LogP contribution in [0, 0.1) is 6.92 Å². The van der Waals surface area contributed by atoms with Crippen molar-refractivity contribution in [2.45, 2.75) is 25.9 Å². The molecule has 1 heterocycles. The van der Waals surface area contributed by atoms with E-state index in [1.807, 2.05) is 12.3 Å². The lowest BCUT2D eigenvalue weighted by molar-refractivity contribution is -0.137. The van der Waals surface area contributed by atoms with Gasteiger partial charge in [-0.2, -0.15) is 13.2 Å². The van der Waals surface area contributed by atoms with E-state index in [2.05, 4.69) is 10.3 Å². The molecule has 1 aromatic carbocycles. The summed E-state index contributed by atoms with van der Waals surface area (Å²) in [7, 11) is 0. The average Bonchev–Trinajstić information content (AvgIpc) is 2.82. The third-order valence-corrected chi connectivity index (χ3v) is 3.60. The van der Waals surface area contributed by atoms with Crippen molar-refractivity contribution in [1.29, 1.82) is 0 Å². The molecule has 7 heteroatoms. The summed E-state index contributed by atoms with van der Waals surface area (Å²) in [6.45, 7) is 1.85. The Labute approximate surface area is 123 Å².